The summed E-state index contributed by atoms with van der Waals surface area (Å²) < 4.78 is 64.9. The molecule has 2 aliphatic heterocycles. The fourth-order valence-corrected chi connectivity index (χ4v) is 6.15. The Kier molecular flexibility index (Phi) is 8.06. The third-order valence-electron chi connectivity index (χ3n) is 5.39. The standard InChI is InChI=1S/C19H30N2O6S2/c22-28(23,20-10-1-3-17-4-2-13-26-14-9-17)18-5-7-19(8-6-18)29(24,25)21-11-15-27-16-12-21/h5-8,17,20H,1-4,9-16H2. The molecule has 1 aromatic rings. The fourth-order valence-electron chi connectivity index (χ4n) is 3.67. The Bertz CT molecular complexity index is 841. The van der Waals surface area contributed by atoms with Gasteiger partial charge < -0.3 is 9.47 Å². The Morgan fingerprint density at radius 1 is 0.897 bits per heavy atom. The molecule has 164 valence electrons. The lowest BCUT2D eigenvalue weighted by molar-refractivity contribution is 0.0730. The Morgan fingerprint density at radius 3 is 2.28 bits per heavy atom. The first kappa shape index (κ1) is 22.6. The van der Waals surface area contributed by atoms with Crippen LogP contribution in [0.5, 0.6) is 0 Å². The highest BCUT2D eigenvalue weighted by atomic mass is 32.2. The van der Waals surface area contributed by atoms with Crippen LogP contribution in [0.2, 0.25) is 0 Å². The molecule has 3 rings (SSSR count). The van der Waals surface area contributed by atoms with Crippen molar-refractivity contribution >= 4 is 20.0 Å². The van der Waals surface area contributed by atoms with E-state index in [9.17, 15) is 16.8 Å². The largest absolute Gasteiger partial charge is 0.381 e. The molecule has 2 fully saturated rings. The van der Waals surface area contributed by atoms with Gasteiger partial charge in [-0.2, -0.15) is 4.31 Å². The highest BCUT2D eigenvalue weighted by Crippen LogP contribution is 2.21. The first-order chi connectivity index (χ1) is 13.9. The van der Waals surface area contributed by atoms with Gasteiger partial charge in [0.05, 0.1) is 23.0 Å². The summed E-state index contributed by atoms with van der Waals surface area (Å²) in [5, 5.41) is 0. The molecule has 0 radical (unpaired) electrons. The summed E-state index contributed by atoms with van der Waals surface area (Å²) >= 11 is 0. The summed E-state index contributed by atoms with van der Waals surface area (Å²) in [7, 11) is -7.29. The lowest BCUT2D eigenvalue weighted by Gasteiger charge is -2.26. The van der Waals surface area contributed by atoms with Crippen molar-refractivity contribution in [3.05, 3.63) is 24.3 Å². The minimum absolute atomic E-state index is 0.0706. The first-order valence-electron chi connectivity index (χ1n) is 10.1. The van der Waals surface area contributed by atoms with Crippen molar-refractivity contribution in [3.8, 4) is 0 Å². The lowest BCUT2D eigenvalue weighted by Crippen LogP contribution is -2.40. The third kappa shape index (κ3) is 6.22. The molecule has 8 nitrogen and oxygen atoms in total. The van der Waals surface area contributed by atoms with Gasteiger partial charge in [-0.15, -0.1) is 0 Å². The van der Waals surface area contributed by atoms with Crippen molar-refractivity contribution in [1.29, 1.82) is 0 Å². The zero-order valence-corrected chi connectivity index (χ0v) is 18.2. The van der Waals surface area contributed by atoms with Crippen LogP contribution in [-0.2, 0) is 29.5 Å². The van der Waals surface area contributed by atoms with Gasteiger partial charge in [0.1, 0.15) is 0 Å². The van der Waals surface area contributed by atoms with Gasteiger partial charge in [-0.3, -0.25) is 0 Å². The van der Waals surface area contributed by atoms with Crippen molar-refractivity contribution in [2.24, 2.45) is 5.92 Å². The molecular formula is C19H30N2O6S2. The van der Waals surface area contributed by atoms with E-state index in [1.54, 1.807) is 0 Å². The maximum Gasteiger partial charge on any atom is 0.243 e. The molecule has 0 aromatic heterocycles. The quantitative estimate of drug-likeness (QED) is 0.609. The molecule has 0 saturated carbocycles. The molecule has 2 heterocycles. The van der Waals surface area contributed by atoms with Crippen molar-refractivity contribution in [1.82, 2.24) is 9.03 Å². The molecule has 0 amide bonds. The topological polar surface area (TPSA) is 102 Å². The molecule has 1 atom stereocenters. The van der Waals surface area contributed by atoms with Gasteiger partial charge in [0.15, 0.2) is 0 Å². The molecule has 1 N–H and O–H groups in total. The van der Waals surface area contributed by atoms with Crippen LogP contribution in [0.1, 0.15) is 32.1 Å². The summed E-state index contributed by atoms with van der Waals surface area (Å²) in [5.41, 5.74) is 0. The minimum Gasteiger partial charge on any atom is -0.381 e. The van der Waals surface area contributed by atoms with E-state index in [1.807, 2.05) is 0 Å². The van der Waals surface area contributed by atoms with Crippen LogP contribution < -0.4 is 4.72 Å². The average Bonchev–Trinajstić information content (AvgIpc) is 3.01. The number of ether oxygens (including phenoxy) is 2. The van der Waals surface area contributed by atoms with E-state index < -0.39 is 20.0 Å². The number of nitrogens with one attached hydrogen (secondary N) is 1. The Labute approximate surface area is 173 Å². The van der Waals surface area contributed by atoms with Crippen LogP contribution >= 0.6 is 0 Å². The molecular weight excluding hydrogens is 416 g/mol. The van der Waals surface area contributed by atoms with E-state index in [-0.39, 0.29) is 9.79 Å². The second kappa shape index (κ2) is 10.3. The van der Waals surface area contributed by atoms with Crippen LogP contribution in [0.3, 0.4) is 0 Å². The highest BCUT2D eigenvalue weighted by molar-refractivity contribution is 7.89. The third-order valence-corrected chi connectivity index (χ3v) is 8.78. The second-order valence-electron chi connectivity index (χ2n) is 7.44. The van der Waals surface area contributed by atoms with Crippen LogP contribution in [0.15, 0.2) is 34.1 Å². The molecule has 0 spiro atoms. The number of hydrogen-bond acceptors (Lipinski definition) is 6. The van der Waals surface area contributed by atoms with Gasteiger partial charge in [-0.05, 0) is 62.3 Å². The fraction of sp³-hybridized carbons (Fsp3) is 0.684. The Hall–Kier alpha value is -1.04. The lowest BCUT2D eigenvalue weighted by atomic mass is 9.95. The normalized spacial score (nSPS) is 22.3. The Balaban J connectivity index is 1.53. The summed E-state index contributed by atoms with van der Waals surface area (Å²) in [6.07, 6.45) is 4.98. The van der Waals surface area contributed by atoms with Gasteiger partial charge >= 0.3 is 0 Å². The van der Waals surface area contributed by atoms with E-state index in [2.05, 4.69) is 4.72 Å². The number of sulfonamides is 2. The van der Waals surface area contributed by atoms with E-state index >= 15 is 0 Å². The van der Waals surface area contributed by atoms with Crippen molar-refractivity contribution < 1.29 is 26.3 Å². The van der Waals surface area contributed by atoms with Crippen LogP contribution in [0.25, 0.3) is 0 Å². The van der Waals surface area contributed by atoms with Gasteiger partial charge in [0.2, 0.25) is 20.0 Å². The number of hydrogen-bond donors (Lipinski definition) is 1. The SMILES string of the molecule is O=S(=O)(NCCCC1CCCOCC1)c1ccc(S(=O)(=O)N2CCOCC2)cc1. The highest BCUT2D eigenvalue weighted by Gasteiger charge is 2.26. The zero-order chi connectivity index (χ0) is 20.7. The van der Waals surface area contributed by atoms with E-state index in [1.165, 1.54) is 28.6 Å². The maximum absolute atomic E-state index is 12.6. The van der Waals surface area contributed by atoms with Crippen molar-refractivity contribution in [2.75, 3.05) is 46.1 Å². The minimum atomic E-state index is -3.66. The number of rotatable bonds is 8. The summed E-state index contributed by atoms with van der Waals surface area (Å²) in [5.74, 6) is 0.590. The monoisotopic (exact) mass is 446 g/mol. The molecule has 0 aliphatic carbocycles. The van der Waals surface area contributed by atoms with Gasteiger partial charge in [-0.1, -0.05) is 0 Å². The summed E-state index contributed by atoms with van der Waals surface area (Å²) in [6.45, 7) is 3.31. The molecule has 2 aliphatic rings. The molecule has 0 bridgehead atoms. The molecule has 29 heavy (non-hydrogen) atoms. The van der Waals surface area contributed by atoms with Crippen molar-refractivity contribution in [2.45, 2.75) is 41.9 Å². The smallest absolute Gasteiger partial charge is 0.243 e. The van der Waals surface area contributed by atoms with Crippen LogP contribution in [0, 0.1) is 5.92 Å². The van der Waals surface area contributed by atoms with Crippen LogP contribution in [-0.4, -0.2) is 67.2 Å². The van der Waals surface area contributed by atoms with E-state index in [4.69, 9.17) is 9.47 Å². The molecule has 2 saturated heterocycles. The predicted octanol–water partition coefficient (Wildman–Crippen LogP) is 1.58. The van der Waals surface area contributed by atoms with Crippen LogP contribution in [0.4, 0.5) is 0 Å². The molecule has 1 unspecified atom stereocenters. The maximum atomic E-state index is 12.6. The summed E-state index contributed by atoms with van der Waals surface area (Å²) in [4.78, 5) is 0.162. The van der Waals surface area contributed by atoms with E-state index in [0.717, 1.165) is 45.3 Å². The van der Waals surface area contributed by atoms with Crippen molar-refractivity contribution in [3.63, 3.8) is 0 Å². The number of benzene rings is 1. The van der Waals surface area contributed by atoms with E-state index in [0.29, 0.717) is 38.8 Å². The number of nitrogens with zero attached hydrogens (tertiary/aromatic N) is 1. The van der Waals surface area contributed by atoms with Gasteiger partial charge in [-0.25, -0.2) is 21.6 Å². The number of morpholine rings is 1. The second-order valence-corrected chi connectivity index (χ2v) is 11.1. The zero-order valence-electron chi connectivity index (χ0n) is 16.6. The molecule has 10 heteroatoms. The molecule has 1 aromatic carbocycles. The first-order valence-corrected chi connectivity index (χ1v) is 13.1. The summed E-state index contributed by atoms with van der Waals surface area (Å²) in [6, 6.07) is 5.40. The van der Waals surface area contributed by atoms with Gasteiger partial charge in [0, 0.05) is 32.8 Å². The average molecular weight is 447 g/mol. The Morgan fingerprint density at radius 2 is 1.55 bits per heavy atom. The predicted molar refractivity (Wildman–Crippen MR) is 109 cm³/mol. The van der Waals surface area contributed by atoms with Gasteiger partial charge in [0.25, 0.3) is 0 Å².